The molecule has 0 saturated heterocycles. The molecule has 0 unspecified atom stereocenters. The van der Waals surface area contributed by atoms with E-state index in [1.54, 1.807) is 6.20 Å². The maximum atomic E-state index is 5.65. The van der Waals surface area contributed by atoms with Crippen LogP contribution in [0, 0.1) is 0 Å². The third kappa shape index (κ3) is 4.71. The van der Waals surface area contributed by atoms with Crippen molar-refractivity contribution >= 4 is 17.4 Å². The Labute approximate surface area is 102 Å². The minimum absolute atomic E-state index is 0.160. The maximum absolute atomic E-state index is 5.65. The zero-order valence-electron chi connectivity index (χ0n) is 9.87. The quantitative estimate of drug-likeness (QED) is 0.589. The highest BCUT2D eigenvalue weighted by Gasteiger charge is 2.05. The second-order valence-corrected chi connectivity index (χ2v) is 4.22. The molecule has 0 saturated carbocycles. The number of nitrogens with zero attached hydrogens (tertiary/aromatic N) is 1. The number of aromatic nitrogens is 1. The molecule has 0 aliphatic heterocycles. The van der Waals surface area contributed by atoms with Crippen molar-refractivity contribution in [2.24, 2.45) is 0 Å². The average molecular weight is 243 g/mol. The number of ether oxygens (including phenoxy) is 1. The topological polar surface area (TPSA) is 34.1 Å². The Morgan fingerprint density at radius 3 is 2.94 bits per heavy atom. The fourth-order valence-corrected chi connectivity index (χ4v) is 1.49. The first-order valence-corrected chi connectivity index (χ1v) is 6.19. The summed E-state index contributed by atoms with van der Waals surface area (Å²) in [5.74, 6) is 2.33. The number of anilines is 1. The van der Waals surface area contributed by atoms with Crippen LogP contribution in [0.1, 0.15) is 26.7 Å². The molecular weight excluding hydrogens is 224 g/mol. The number of hydrogen-bond acceptors (Lipinski definition) is 3. The van der Waals surface area contributed by atoms with E-state index in [0.29, 0.717) is 5.88 Å². The van der Waals surface area contributed by atoms with Crippen molar-refractivity contribution in [3.63, 3.8) is 0 Å². The summed E-state index contributed by atoms with van der Waals surface area (Å²) in [4.78, 5) is 4.26. The molecule has 0 atom stereocenters. The maximum Gasteiger partial charge on any atom is 0.168 e. The summed E-state index contributed by atoms with van der Waals surface area (Å²) in [5, 5.41) is 3.26. The molecule has 16 heavy (non-hydrogen) atoms. The number of hydrogen-bond donors (Lipinski definition) is 1. The molecule has 1 rings (SSSR count). The Balaban J connectivity index is 2.50. The van der Waals surface area contributed by atoms with E-state index in [4.69, 9.17) is 16.3 Å². The molecule has 0 bridgehead atoms. The van der Waals surface area contributed by atoms with Gasteiger partial charge in [0, 0.05) is 18.6 Å². The monoisotopic (exact) mass is 242 g/mol. The fraction of sp³-hybridized carbons (Fsp3) is 0.583. The normalized spacial score (nSPS) is 10.5. The molecular formula is C12H19ClN2O. The first-order chi connectivity index (χ1) is 7.74. The van der Waals surface area contributed by atoms with E-state index >= 15 is 0 Å². The van der Waals surface area contributed by atoms with E-state index in [1.165, 1.54) is 0 Å². The van der Waals surface area contributed by atoms with Gasteiger partial charge in [-0.1, -0.05) is 0 Å². The molecule has 0 amide bonds. The third-order valence-electron chi connectivity index (χ3n) is 1.99. The highest BCUT2D eigenvalue weighted by Crippen LogP contribution is 2.21. The lowest BCUT2D eigenvalue weighted by Crippen LogP contribution is -2.10. The predicted molar refractivity (Wildman–Crippen MR) is 68.4 cm³/mol. The molecule has 0 fully saturated rings. The smallest absolute Gasteiger partial charge is 0.168 e. The van der Waals surface area contributed by atoms with E-state index in [0.717, 1.165) is 31.0 Å². The largest absolute Gasteiger partial charge is 0.487 e. The van der Waals surface area contributed by atoms with Crippen molar-refractivity contribution in [2.45, 2.75) is 32.8 Å². The fourth-order valence-electron chi connectivity index (χ4n) is 1.30. The number of nitrogens with one attached hydrogen (secondary N) is 1. The molecule has 3 nitrogen and oxygen atoms in total. The lowest BCUT2D eigenvalue weighted by molar-refractivity contribution is 0.243. The van der Waals surface area contributed by atoms with Crippen molar-refractivity contribution in [3.05, 3.63) is 18.3 Å². The molecule has 1 N–H and O–H groups in total. The van der Waals surface area contributed by atoms with E-state index in [9.17, 15) is 0 Å². The minimum atomic E-state index is 0.160. The van der Waals surface area contributed by atoms with Gasteiger partial charge in [-0.15, -0.1) is 11.6 Å². The van der Waals surface area contributed by atoms with Gasteiger partial charge >= 0.3 is 0 Å². The van der Waals surface area contributed by atoms with Crippen molar-refractivity contribution < 1.29 is 4.74 Å². The second-order valence-electron chi connectivity index (χ2n) is 3.84. The van der Waals surface area contributed by atoms with Gasteiger partial charge in [-0.25, -0.2) is 4.98 Å². The van der Waals surface area contributed by atoms with Gasteiger partial charge in [0.05, 0.1) is 6.10 Å². The first kappa shape index (κ1) is 13.1. The van der Waals surface area contributed by atoms with Crippen molar-refractivity contribution in [1.29, 1.82) is 0 Å². The Kier molecular flexibility index (Phi) is 6.01. The summed E-state index contributed by atoms with van der Waals surface area (Å²) in [7, 11) is 0. The predicted octanol–water partition coefficient (Wildman–Crippen LogP) is 3.30. The molecule has 4 heteroatoms. The molecule has 1 aromatic rings. The second kappa shape index (κ2) is 7.34. The first-order valence-electron chi connectivity index (χ1n) is 5.65. The standard InChI is InChI=1S/C12H19ClN2O/c1-10(2)16-11-6-5-9-15-12(11)14-8-4-3-7-13/h5-6,9-10H,3-4,7-8H2,1-2H3,(H,14,15). The molecule has 1 heterocycles. The SMILES string of the molecule is CC(C)Oc1cccnc1NCCCCCl. The lowest BCUT2D eigenvalue weighted by atomic mass is 10.3. The van der Waals surface area contributed by atoms with Crippen molar-refractivity contribution in [3.8, 4) is 5.75 Å². The summed E-state index contributed by atoms with van der Waals surface area (Å²) in [6.45, 7) is 4.88. The number of rotatable bonds is 7. The minimum Gasteiger partial charge on any atom is -0.487 e. The van der Waals surface area contributed by atoms with Gasteiger partial charge in [-0.3, -0.25) is 0 Å². The summed E-state index contributed by atoms with van der Waals surface area (Å²) >= 11 is 5.62. The lowest BCUT2D eigenvalue weighted by Gasteiger charge is -2.14. The Morgan fingerprint density at radius 2 is 2.25 bits per heavy atom. The molecule has 0 aliphatic rings. The van der Waals surface area contributed by atoms with Crippen LogP contribution in [0.4, 0.5) is 5.82 Å². The number of unbranched alkanes of at least 4 members (excludes halogenated alkanes) is 1. The Hall–Kier alpha value is -0.960. The summed E-state index contributed by atoms with van der Waals surface area (Å²) < 4.78 is 5.65. The number of halogens is 1. The molecule has 0 spiro atoms. The average Bonchev–Trinajstić information content (AvgIpc) is 2.26. The Morgan fingerprint density at radius 1 is 1.44 bits per heavy atom. The van der Waals surface area contributed by atoms with Crippen LogP contribution in [0.25, 0.3) is 0 Å². The van der Waals surface area contributed by atoms with Crippen LogP contribution in [-0.4, -0.2) is 23.5 Å². The van der Waals surface area contributed by atoms with Crippen LogP contribution < -0.4 is 10.1 Å². The third-order valence-corrected chi connectivity index (χ3v) is 2.25. The van der Waals surface area contributed by atoms with Crippen LogP contribution in [0.5, 0.6) is 5.75 Å². The number of alkyl halides is 1. The van der Waals surface area contributed by atoms with Crippen molar-refractivity contribution in [2.75, 3.05) is 17.7 Å². The summed E-state index contributed by atoms with van der Waals surface area (Å²) in [6, 6.07) is 3.80. The zero-order valence-corrected chi connectivity index (χ0v) is 10.6. The van der Waals surface area contributed by atoms with Crippen LogP contribution in [0.15, 0.2) is 18.3 Å². The highest BCUT2D eigenvalue weighted by molar-refractivity contribution is 6.17. The van der Waals surface area contributed by atoms with Crippen LogP contribution in [-0.2, 0) is 0 Å². The van der Waals surface area contributed by atoms with Gasteiger partial charge in [0.15, 0.2) is 11.6 Å². The summed E-state index contributed by atoms with van der Waals surface area (Å²) in [6.07, 6.45) is 3.98. The van der Waals surface area contributed by atoms with Crippen LogP contribution >= 0.6 is 11.6 Å². The van der Waals surface area contributed by atoms with Crippen LogP contribution in [0.2, 0.25) is 0 Å². The van der Waals surface area contributed by atoms with Gasteiger partial charge in [-0.2, -0.15) is 0 Å². The van der Waals surface area contributed by atoms with Gasteiger partial charge in [0.2, 0.25) is 0 Å². The van der Waals surface area contributed by atoms with Crippen LogP contribution in [0.3, 0.4) is 0 Å². The van der Waals surface area contributed by atoms with E-state index < -0.39 is 0 Å². The molecule has 1 aromatic heterocycles. The van der Waals surface area contributed by atoms with E-state index in [1.807, 2.05) is 26.0 Å². The summed E-state index contributed by atoms with van der Waals surface area (Å²) in [5.41, 5.74) is 0. The molecule has 0 radical (unpaired) electrons. The molecule has 0 aromatic carbocycles. The van der Waals surface area contributed by atoms with Gasteiger partial charge < -0.3 is 10.1 Å². The molecule has 90 valence electrons. The van der Waals surface area contributed by atoms with Gasteiger partial charge in [0.25, 0.3) is 0 Å². The van der Waals surface area contributed by atoms with Crippen molar-refractivity contribution in [1.82, 2.24) is 4.98 Å². The van der Waals surface area contributed by atoms with Gasteiger partial charge in [-0.05, 0) is 38.8 Å². The highest BCUT2D eigenvalue weighted by atomic mass is 35.5. The molecule has 0 aliphatic carbocycles. The van der Waals surface area contributed by atoms with E-state index in [2.05, 4.69) is 10.3 Å². The Bertz CT molecular complexity index is 305. The number of pyridine rings is 1. The van der Waals surface area contributed by atoms with E-state index in [-0.39, 0.29) is 6.10 Å². The van der Waals surface area contributed by atoms with Gasteiger partial charge in [0.1, 0.15) is 0 Å². The zero-order chi connectivity index (χ0) is 11.8.